The summed E-state index contributed by atoms with van der Waals surface area (Å²) in [7, 11) is 0. The van der Waals surface area contributed by atoms with Crippen molar-refractivity contribution in [2.45, 2.75) is 32.6 Å². The summed E-state index contributed by atoms with van der Waals surface area (Å²) in [6.07, 6.45) is 7.15. The van der Waals surface area contributed by atoms with Crippen LogP contribution in [0.1, 0.15) is 30.9 Å². The van der Waals surface area contributed by atoms with Crippen LogP contribution in [-0.2, 0) is 27.2 Å². The quantitative estimate of drug-likeness (QED) is 0.662. The van der Waals surface area contributed by atoms with E-state index in [1.807, 2.05) is 25.1 Å². The Labute approximate surface area is 118 Å². The molecule has 0 saturated heterocycles. The lowest BCUT2D eigenvalue weighted by Crippen LogP contribution is -2.20. The monoisotopic (exact) mass is 273 g/mol. The number of hydrogen-bond donors (Lipinski definition) is 1. The zero-order valence-corrected chi connectivity index (χ0v) is 11.6. The molecule has 0 heterocycles. The molecule has 2 rings (SSSR count). The molecule has 1 amide bonds. The van der Waals surface area contributed by atoms with Crippen LogP contribution in [-0.4, -0.2) is 18.5 Å². The Morgan fingerprint density at radius 1 is 1.30 bits per heavy atom. The number of benzene rings is 1. The maximum Gasteiger partial charge on any atom is 0.330 e. The van der Waals surface area contributed by atoms with Gasteiger partial charge >= 0.3 is 5.97 Å². The number of hydrogen-bond acceptors (Lipinski definition) is 3. The first-order valence-electron chi connectivity index (χ1n) is 6.94. The van der Waals surface area contributed by atoms with Gasteiger partial charge in [0.2, 0.25) is 0 Å². The van der Waals surface area contributed by atoms with Gasteiger partial charge in [-0.3, -0.25) is 4.79 Å². The van der Waals surface area contributed by atoms with Crippen LogP contribution in [0.2, 0.25) is 0 Å². The van der Waals surface area contributed by atoms with Gasteiger partial charge in [0.15, 0.2) is 6.61 Å². The molecule has 1 aliphatic carbocycles. The molecule has 0 atom stereocenters. The number of esters is 1. The number of anilines is 1. The average molecular weight is 273 g/mol. The highest BCUT2D eigenvalue weighted by Gasteiger charge is 2.12. The molecule has 1 aromatic carbocycles. The number of nitrogens with one attached hydrogen (secondary N) is 1. The number of aryl methyl sites for hydroxylation is 2. The molecule has 0 radical (unpaired) electrons. The molecule has 0 aliphatic heterocycles. The predicted molar refractivity (Wildman–Crippen MR) is 77.5 cm³/mol. The summed E-state index contributed by atoms with van der Waals surface area (Å²) in [6, 6.07) is 5.94. The molecule has 106 valence electrons. The first kappa shape index (κ1) is 14.3. The van der Waals surface area contributed by atoms with Gasteiger partial charge in [0.25, 0.3) is 5.91 Å². The number of rotatable bonds is 5. The zero-order valence-electron chi connectivity index (χ0n) is 11.6. The lowest BCUT2D eigenvalue weighted by atomic mass is 10.1. The fourth-order valence-electron chi connectivity index (χ4n) is 2.25. The smallest absolute Gasteiger partial charge is 0.330 e. The Hall–Kier alpha value is -2.10. The van der Waals surface area contributed by atoms with Crippen LogP contribution >= 0.6 is 0 Å². The maximum absolute atomic E-state index is 11.7. The number of carbonyl (C=O) groups excluding carboxylic acids is 2. The van der Waals surface area contributed by atoms with Crippen molar-refractivity contribution in [2.24, 2.45) is 0 Å². The minimum Gasteiger partial charge on any atom is -0.452 e. The fraction of sp³-hybridized carbons (Fsp3) is 0.375. The fourth-order valence-corrected chi connectivity index (χ4v) is 2.25. The van der Waals surface area contributed by atoms with E-state index in [0.717, 1.165) is 24.9 Å². The number of carbonyl (C=O) groups is 2. The van der Waals surface area contributed by atoms with Crippen molar-refractivity contribution in [1.82, 2.24) is 0 Å². The Morgan fingerprint density at radius 2 is 2.10 bits per heavy atom. The predicted octanol–water partition coefficient (Wildman–Crippen LogP) is 2.62. The molecular weight excluding hydrogens is 254 g/mol. The molecule has 0 bridgehead atoms. The summed E-state index contributed by atoms with van der Waals surface area (Å²) in [6.45, 7) is 1.66. The molecule has 0 fully saturated rings. The normalized spacial score (nSPS) is 13.2. The van der Waals surface area contributed by atoms with E-state index in [0.29, 0.717) is 0 Å². The Kier molecular flexibility index (Phi) is 4.93. The first-order valence-corrected chi connectivity index (χ1v) is 6.94. The molecule has 0 aromatic heterocycles. The Balaban J connectivity index is 1.82. The summed E-state index contributed by atoms with van der Waals surface area (Å²) < 4.78 is 4.83. The molecule has 20 heavy (non-hydrogen) atoms. The van der Waals surface area contributed by atoms with Crippen LogP contribution in [0, 0.1) is 0 Å². The van der Waals surface area contributed by atoms with Gasteiger partial charge in [-0.2, -0.15) is 0 Å². The van der Waals surface area contributed by atoms with E-state index in [-0.39, 0.29) is 12.5 Å². The summed E-state index contributed by atoms with van der Waals surface area (Å²) in [5, 5.41) is 2.74. The number of allylic oxidation sites excluding steroid dienone is 1. The molecule has 4 heteroatoms. The lowest BCUT2D eigenvalue weighted by molar-refractivity contribution is -0.142. The third-order valence-corrected chi connectivity index (χ3v) is 3.22. The van der Waals surface area contributed by atoms with Crippen molar-refractivity contribution in [3.8, 4) is 0 Å². The van der Waals surface area contributed by atoms with Gasteiger partial charge < -0.3 is 10.1 Å². The molecule has 1 aliphatic rings. The lowest BCUT2D eigenvalue weighted by Gasteiger charge is -2.07. The SMILES string of the molecule is CC/C=C/C(=O)OCC(=O)Nc1ccc2c(c1)CCC2. The minimum absolute atomic E-state index is 0.260. The second-order valence-electron chi connectivity index (χ2n) is 4.80. The van der Waals surface area contributed by atoms with Crippen molar-refractivity contribution >= 4 is 17.6 Å². The summed E-state index contributed by atoms with van der Waals surface area (Å²) >= 11 is 0. The molecule has 1 N–H and O–H groups in total. The van der Waals surface area contributed by atoms with Crippen LogP contribution in [0.15, 0.2) is 30.4 Å². The minimum atomic E-state index is -0.490. The standard InChI is InChI=1S/C16H19NO3/c1-2-3-7-16(19)20-11-15(18)17-14-9-8-12-5-4-6-13(12)10-14/h3,7-10H,2,4-6,11H2,1H3,(H,17,18)/b7-3+. The zero-order chi connectivity index (χ0) is 14.4. The third-order valence-electron chi connectivity index (χ3n) is 3.22. The van der Waals surface area contributed by atoms with Gasteiger partial charge in [-0.1, -0.05) is 19.1 Å². The second kappa shape index (κ2) is 6.89. The van der Waals surface area contributed by atoms with E-state index in [1.165, 1.54) is 23.6 Å². The van der Waals surface area contributed by atoms with Gasteiger partial charge in [0.05, 0.1) is 0 Å². The third kappa shape index (κ3) is 3.95. The number of fused-ring (bicyclic) bond motifs is 1. The van der Waals surface area contributed by atoms with Gasteiger partial charge in [-0.25, -0.2) is 4.79 Å². The maximum atomic E-state index is 11.7. The second-order valence-corrected chi connectivity index (χ2v) is 4.80. The molecule has 0 unspecified atom stereocenters. The van der Waals surface area contributed by atoms with E-state index in [1.54, 1.807) is 6.08 Å². The van der Waals surface area contributed by atoms with Gasteiger partial charge in [-0.05, 0) is 48.9 Å². The van der Waals surface area contributed by atoms with Crippen LogP contribution in [0.3, 0.4) is 0 Å². The first-order chi connectivity index (χ1) is 9.69. The molecule has 1 aromatic rings. The van der Waals surface area contributed by atoms with Crippen molar-refractivity contribution in [2.75, 3.05) is 11.9 Å². The van der Waals surface area contributed by atoms with Crippen molar-refractivity contribution in [3.63, 3.8) is 0 Å². The van der Waals surface area contributed by atoms with E-state index in [4.69, 9.17) is 4.74 Å². The molecular formula is C16H19NO3. The van der Waals surface area contributed by atoms with Gasteiger partial charge in [0, 0.05) is 11.8 Å². The van der Waals surface area contributed by atoms with Crippen molar-refractivity contribution in [3.05, 3.63) is 41.5 Å². The summed E-state index contributed by atoms with van der Waals surface area (Å²) in [4.78, 5) is 22.9. The number of ether oxygens (including phenoxy) is 1. The topological polar surface area (TPSA) is 55.4 Å². The van der Waals surface area contributed by atoms with Crippen molar-refractivity contribution < 1.29 is 14.3 Å². The van der Waals surface area contributed by atoms with Gasteiger partial charge in [0.1, 0.15) is 0 Å². The van der Waals surface area contributed by atoms with Crippen LogP contribution in [0.5, 0.6) is 0 Å². The molecule has 0 spiro atoms. The average Bonchev–Trinajstić information content (AvgIpc) is 2.90. The van der Waals surface area contributed by atoms with E-state index in [9.17, 15) is 9.59 Å². The van der Waals surface area contributed by atoms with Crippen LogP contribution in [0.25, 0.3) is 0 Å². The van der Waals surface area contributed by atoms with Crippen molar-refractivity contribution in [1.29, 1.82) is 0 Å². The highest BCUT2D eigenvalue weighted by atomic mass is 16.5. The molecule has 0 saturated carbocycles. The highest BCUT2D eigenvalue weighted by Crippen LogP contribution is 2.24. The number of amides is 1. The summed E-state index contributed by atoms with van der Waals surface area (Å²) in [5.41, 5.74) is 3.42. The summed E-state index contributed by atoms with van der Waals surface area (Å²) in [5.74, 6) is -0.808. The van der Waals surface area contributed by atoms with Gasteiger partial charge in [-0.15, -0.1) is 0 Å². The Bertz CT molecular complexity index is 535. The Morgan fingerprint density at radius 3 is 2.90 bits per heavy atom. The van der Waals surface area contributed by atoms with E-state index in [2.05, 4.69) is 5.32 Å². The van der Waals surface area contributed by atoms with Crippen LogP contribution < -0.4 is 5.32 Å². The largest absolute Gasteiger partial charge is 0.452 e. The van der Waals surface area contributed by atoms with E-state index < -0.39 is 5.97 Å². The van der Waals surface area contributed by atoms with E-state index >= 15 is 0 Å². The van der Waals surface area contributed by atoms with Crippen LogP contribution in [0.4, 0.5) is 5.69 Å². The highest BCUT2D eigenvalue weighted by molar-refractivity contribution is 5.93. The molecule has 4 nitrogen and oxygen atoms in total.